The molecule has 0 spiro atoms. The van der Waals surface area contributed by atoms with Crippen LogP contribution in [0.5, 0.6) is 0 Å². The summed E-state index contributed by atoms with van der Waals surface area (Å²) in [6.07, 6.45) is 0. The average molecular weight is 294 g/mol. The number of rotatable bonds is 5. The van der Waals surface area contributed by atoms with E-state index >= 15 is 0 Å². The minimum absolute atomic E-state index is 0.0301. The lowest BCUT2D eigenvalue weighted by atomic mass is 10.1. The van der Waals surface area contributed by atoms with Crippen LogP contribution in [-0.4, -0.2) is 30.8 Å². The molecule has 4 nitrogen and oxygen atoms in total. The molecule has 0 bridgehead atoms. The third kappa shape index (κ3) is 2.85. The molecule has 0 radical (unpaired) electrons. The molecule has 0 atom stereocenters. The molecule has 0 aromatic heterocycles. The topological polar surface area (TPSA) is 49.4 Å². The van der Waals surface area contributed by atoms with Gasteiger partial charge in [0.05, 0.1) is 11.3 Å². The monoisotopic (exact) mass is 294 g/mol. The lowest BCUT2D eigenvalue weighted by Crippen LogP contribution is -2.35. The molecular formula is C15H16F2N2O2. The van der Waals surface area contributed by atoms with Gasteiger partial charge in [0.25, 0.3) is 11.7 Å². The highest BCUT2D eigenvalue weighted by atomic mass is 19.1. The Morgan fingerprint density at radius 1 is 1.29 bits per heavy atom. The molecule has 1 N–H and O–H groups in total. The first-order valence-corrected chi connectivity index (χ1v) is 6.57. The molecule has 0 aliphatic carbocycles. The van der Waals surface area contributed by atoms with Gasteiger partial charge in [-0.1, -0.05) is 20.4 Å². The van der Waals surface area contributed by atoms with Gasteiger partial charge < -0.3 is 5.32 Å². The van der Waals surface area contributed by atoms with Gasteiger partial charge in [-0.15, -0.1) is 0 Å². The van der Waals surface area contributed by atoms with Crippen LogP contribution in [0.3, 0.4) is 0 Å². The smallest absolute Gasteiger partial charge is 0.299 e. The number of carbonyl (C=O) groups excluding carboxylic acids is 2. The number of halogens is 2. The molecule has 21 heavy (non-hydrogen) atoms. The van der Waals surface area contributed by atoms with Crippen molar-refractivity contribution < 1.29 is 18.4 Å². The molecule has 1 heterocycles. The van der Waals surface area contributed by atoms with Crippen molar-refractivity contribution in [2.24, 2.45) is 0 Å². The molecule has 112 valence electrons. The molecule has 0 saturated carbocycles. The molecule has 0 fully saturated rings. The normalized spacial score (nSPS) is 14.0. The van der Waals surface area contributed by atoms with Gasteiger partial charge in [-0.25, -0.2) is 8.78 Å². The van der Waals surface area contributed by atoms with Gasteiger partial charge in [0.2, 0.25) is 0 Å². The van der Waals surface area contributed by atoms with E-state index in [1.54, 1.807) is 0 Å². The Labute approximate surface area is 121 Å². The third-order valence-electron chi connectivity index (χ3n) is 3.16. The van der Waals surface area contributed by atoms with E-state index in [0.29, 0.717) is 12.1 Å². The lowest BCUT2D eigenvalue weighted by Gasteiger charge is -2.19. The average Bonchev–Trinajstić information content (AvgIpc) is 2.67. The number of nitrogens with one attached hydrogen (secondary N) is 1. The molecule has 1 aliphatic rings. The van der Waals surface area contributed by atoms with Gasteiger partial charge in [0, 0.05) is 19.1 Å². The summed E-state index contributed by atoms with van der Waals surface area (Å²) in [5.74, 6) is -3.64. The lowest BCUT2D eigenvalue weighted by molar-refractivity contribution is -0.114. The van der Waals surface area contributed by atoms with Crippen molar-refractivity contribution in [3.63, 3.8) is 0 Å². The van der Waals surface area contributed by atoms with Gasteiger partial charge in [0.1, 0.15) is 11.6 Å². The molecule has 6 heteroatoms. The van der Waals surface area contributed by atoms with E-state index in [2.05, 4.69) is 11.9 Å². The standard InChI is InChI=1S/C15H16F2N2O2/c1-8(2)18-6-9(3)7-19-13-11(17)5-4-10(16)12(13)14(20)15(19)21/h4-5,8,18H,3,6-7H2,1-2H3. The summed E-state index contributed by atoms with van der Waals surface area (Å²) >= 11 is 0. The zero-order chi connectivity index (χ0) is 15.7. The van der Waals surface area contributed by atoms with Crippen LogP contribution in [0.1, 0.15) is 24.2 Å². The number of Topliss-reactive ketones (excluding diaryl/α,β-unsaturated/α-hetero) is 1. The summed E-state index contributed by atoms with van der Waals surface area (Å²) in [5, 5.41) is 3.10. The summed E-state index contributed by atoms with van der Waals surface area (Å²) in [7, 11) is 0. The highest BCUT2D eigenvalue weighted by Crippen LogP contribution is 2.33. The molecular weight excluding hydrogens is 278 g/mol. The number of benzene rings is 1. The van der Waals surface area contributed by atoms with Crippen LogP contribution >= 0.6 is 0 Å². The molecule has 1 aliphatic heterocycles. The van der Waals surface area contributed by atoms with Crippen LogP contribution in [0, 0.1) is 11.6 Å². The van der Waals surface area contributed by atoms with E-state index in [1.807, 2.05) is 13.8 Å². The van der Waals surface area contributed by atoms with Crippen LogP contribution < -0.4 is 10.2 Å². The Kier molecular flexibility index (Phi) is 4.18. The number of nitrogens with zero attached hydrogens (tertiary/aromatic N) is 1. The highest BCUT2D eigenvalue weighted by molar-refractivity contribution is 6.52. The Bertz CT molecular complexity index is 626. The van der Waals surface area contributed by atoms with Crippen molar-refractivity contribution in [2.45, 2.75) is 19.9 Å². The van der Waals surface area contributed by atoms with E-state index < -0.39 is 28.9 Å². The summed E-state index contributed by atoms with van der Waals surface area (Å²) in [4.78, 5) is 24.7. The van der Waals surface area contributed by atoms with Crippen molar-refractivity contribution in [3.8, 4) is 0 Å². The Morgan fingerprint density at radius 3 is 2.52 bits per heavy atom. The Balaban J connectivity index is 2.27. The molecule has 2 rings (SSSR count). The third-order valence-corrected chi connectivity index (χ3v) is 3.16. The largest absolute Gasteiger partial charge is 0.311 e. The molecule has 1 aromatic rings. The predicted molar refractivity (Wildman–Crippen MR) is 75.3 cm³/mol. The van der Waals surface area contributed by atoms with Gasteiger partial charge in [-0.2, -0.15) is 0 Å². The van der Waals surface area contributed by atoms with E-state index in [9.17, 15) is 18.4 Å². The zero-order valence-corrected chi connectivity index (χ0v) is 11.9. The van der Waals surface area contributed by atoms with Crippen molar-refractivity contribution >= 4 is 17.4 Å². The van der Waals surface area contributed by atoms with Gasteiger partial charge in [-0.3, -0.25) is 14.5 Å². The molecule has 0 saturated heterocycles. The maximum atomic E-state index is 13.9. The predicted octanol–water partition coefficient (Wildman–Crippen LogP) is 2.05. The Hall–Kier alpha value is -2.08. The maximum Gasteiger partial charge on any atom is 0.299 e. The van der Waals surface area contributed by atoms with Crippen molar-refractivity contribution in [1.82, 2.24) is 5.32 Å². The van der Waals surface area contributed by atoms with Crippen LogP contribution in [0.15, 0.2) is 24.3 Å². The second-order valence-electron chi connectivity index (χ2n) is 5.26. The van der Waals surface area contributed by atoms with Crippen LogP contribution in [0.4, 0.5) is 14.5 Å². The minimum Gasteiger partial charge on any atom is -0.311 e. The number of fused-ring (bicyclic) bond motifs is 1. The quantitative estimate of drug-likeness (QED) is 0.668. The highest BCUT2D eigenvalue weighted by Gasteiger charge is 2.40. The van der Waals surface area contributed by atoms with Crippen LogP contribution in [0.25, 0.3) is 0 Å². The summed E-state index contributed by atoms with van der Waals surface area (Å²) in [6.45, 7) is 8.07. The van der Waals surface area contributed by atoms with Crippen molar-refractivity contribution in [3.05, 3.63) is 41.5 Å². The first-order valence-electron chi connectivity index (χ1n) is 6.57. The Morgan fingerprint density at radius 2 is 1.90 bits per heavy atom. The molecule has 1 aromatic carbocycles. The number of hydrogen-bond acceptors (Lipinski definition) is 3. The fourth-order valence-corrected chi connectivity index (χ4v) is 2.13. The van der Waals surface area contributed by atoms with E-state index in [1.165, 1.54) is 0 Å². The van der Waals surface area contributed by atoms with E-state index in [4.69, 9.17) is 0 Å². The number of anilines is 1. The molecule has 1 amide bonds. The van der Waals surface area contributed by atoms with Crippen LogP contribution in [0.2, 0.25) is 0 Å². The van der Waals surface area contributed by atoms with Crippen molar-refractivity contribution in [1.29, 1.82) is 0 Å². The first kappa shape index (κ1) is 15.3. The maximum absolute atomic E-state index is 13.9. The molecule has 0 unspecified atom stereocenters. The summed E-state index contributed by atoms with van der Waals surface area (Å²) in [5.41, 5.74) is -0.193. The van der Waals surface area contributed by atoms with Gasteiger partial charge in [0.15, 0.2) is 0 Å². The SMILES string of the molecule is C=C(CNC(C)C)CN1C(=O)C(=O)c2c(F)ccc(F)c21. The van der Waals surface area contributed by atoms with Crippen LogP contribution in [-0.2, 0) is 4.79 Å². The minimum atomic E-state index is -1.02. The summed E-state index contributed by atoms with van der Waals surface area (Å²) < 4.78 is 27.5. The number of amides is 1. The fourth-order valence-electron chi connectivity index (χ4n) is 2.13. The van der Waals surface area contributed by atoms with Crippen molar-refractivity contribution in [2.75, 3.05) is 18.0 Å². The fraction of sp³-hybridized carbons (Fsp3) is 0.333. The number of hydrogen-bond donors (Lipinski definition) is 1. The first-order chi connectivity index (χ1) is 9.82. The van der Waals surface area contributed by atoms with E-state index in [-0.39, 0.29) is 18.3 Å². The summed E-state index contributed by atoms with van der Waals surface area (Å²) in [6, 6.07) is 1.97. The second kappa shape index (κ2) is 5.73. The number of ketones is 1. The van der Waals surface area contributed by atoms with Gasteiger partial charge >= 0.3 is 0 Å². The van der Waals surface area contributed by atoms with E-state index in [0.717, 1.165) is 17.0 Å². The number of carbonyl (C=O) groups is 2. The second-order valence-corrected chi connectivity index (χ2v) is 5.26. The van der Waals surface area contributed by atoms with Gasteiger partial charge in [-0.05, 0) is 17.7 Å². The zero-order valence-electron chi connectivity index (χ0n) is 11.9.